The summed E-state index contributed by atoms with van der Waals surface area (Å²) in [5.41, 5.74) is 0. The van der Waals surface area contributed by atoms with Crippen molar-refractivity contribution >= 4 is 26.5 Å². The number of aromatic nitrogens is 1. The van der Waals surface area contributed by atoms with Gasteiger partial charge in [0, 0.05) is 31.2 Å². The maximum absolute atomic E-state index is 12.5. The molecule has 1 aromatic heterocycles. The van der Waals surface area contributed by atoms with Gasteiger partial charge < -0.3 is 9.64 Å². The van der Waals surface area contributed by atoms with Crippen molar-refractivity contribution in [1.29, 1.82) is 0 Å². The van der Waals surface area contributed by atoms with Crippen LogP contribution in [0.5, 0.6) is 5.75 Å². The van der Waals surface area contributed by atoms with E-state index in [0.29, 0.717) is 12.3 Å². The van der Waals surface area contributed by atoms with Gasteiger partial charge in [0.15, 0.2) is 5.13 Å². The zero-order chi connectivity index (χ0) is 17.0. The summed E-state index contributed by atoms with van der Waals surface area (Å²) in [6.45, 7) is 2.22. The summed E-state index contributed by atoms with van der Waals surface area (Å²) < 4.78 is 33.0. The van der Waals surface area contributed by atoms with Crippen LogP contribution in [-0.4, -0.2) is 40.1 Å². The minimum atomic E-state index is -3.58. The van der Waals surface area contributed by atoms with E-state index in [4.69, 9.17) is 4.74 Å². The quantitative estimate of drug-likeness (QED) is 0.849. The van der Waals surface area contributed by atoms with E-state index in [1.165, 1.54) is 7.11 Å². The Morgan fingerprint density at radius 1 is 1.42 bits per heavy atom. The molecule has 1 unspecified atom stereocenters. The molecule has 1 saturated heterocycles. The summed E-state index contributed by atoms with van der Waals surface area (Å²) in [6.07, 6.45) is 3.85. The van der Waals surface area contributed by atoms with Gasteiger partial charge in [-0.05, 0) is 30.9 Å². The third kappa shape index (κ3) is 3.88. The fourth-order valence-corrected chi connectivity index (χ4v) is 4.89. The van der Waals surface area contributed by atoms with Gasteiger partial charge in [0.25, 0.3) is 0 Å². The average Bonchev–Trinajstić information content (AvgIpc) is 3.15. The summed E-state index contributed by atoms with van der Waals surface area (Å²) in [6, 6.07) is 6.66. The largest absolute Gasteiger partial charge is 0.495 e. The molecule has 24 heavy (non-hydrogen) atoms. The first kappa shape index (κ1) is 17.2. The molecule has 0 radical (unpaired) electrons. The molecule has 0 saturated carbocycles. The Labute approximate surface area is 146 Å². The molecule has 8 heteroatoms. The molecule has 0 spiro atoms. The number of rotatable bonds is 6. The van der Waals surface area contributed by atoms with Gasteiger partial charge in [-0.2, -0.15) is 0 Å². The second-order valence-corrected chi connectivity index (χ2v) is 8.38. The maximum atomic E-state index is 12.5. The van der Waals surface area contributed by atoms with Crippen LogP contribution < -0.4 is 14.4 Å². The Kier molecular flexibility index (Phi) is 5.37. The van der Waals surface area contributed by atoms with E-state index in [-0.39, 0.29) is 10.8 Å². The molecule has 1 atom stereocenters. The number of hydrogen-bond donors (Lipinski definition) is 1. The van der Waals surface area contributed by atoms with Crippen LogP contribution in [0, 0.1) is 5.92 Å². The number of thiazole rings is 1. The molecular weight excluding hydrogens is 346 g/mol. The molecule has 0 amide bonds. The van der Waals surface area contributed by atoms with Crippen LogP contribution in [-0.2, 0) is 10.0 Å². The lowest BCUT2D eigenvalue weighted by Crippen LogP contribution is -2.41. The first-order chi connectivity index (χ1) is 11.6. The van der Waals surface area contributed by atoms with Gasteiger partial charge in [0.05, 0.1) is 7.11 Å². The third-order valence-corrected chi connectivity index (χ3v) is 6.42. The molecule has 1 aliphatic heterocycles. The van der Waals surface area contributed by atoms with Gasteiger partial charge >= 0.3 is 0 Å². The highest BCUT2D eigenvalue weighted by Gasteiger charge is 2.25. The molecule has 2 aromatic rings. The van der Waals surface area contributed by atoms with Crippen LogP contribution in [0.1, 0.15) is 12.8 Å². The number of nitrogens with zero attached hydrogens (tertiary/aromatic N) is 2. The van der Waals surface area contributed by atoms with Crippen molar-refractivity contribution in [3.05, 3.63) is 35.8 Å². The van der Waals surface area contributed by atoms with Crippen molar-refractivity contribution in [2.45, 2.75) is 17.7 Å². The molecule has 3 rings (SSSR count). The molecule has 0 aliphatic carbocycles. The number of piperidine rings is 1. The monoisotopic (exact) mass is 367 g/mol. The highest BCUT2D eigenvalue weighted by atomic mass is 32.2. The fourth-order valence-electron chi connectivity index (χ4n) is 2.92. The predicted molar refractivity (Wildman–Crippen MR) is 95.2 cm³/mol. The first-order valence-corrected chi connectivity index (χ1v) is 10.2. The average molecular weight is 367 g/mol. The number of benzene rings is 1. The Balaban J connectivity index is 1.64. The van der Waals surface area contributed by atoms with E-state index >= 15 is 0 Å². The van der Waals surface area contributed by atoms with Gasteiger partial charge in [0.1, 0.15) is 10.6 Å². The van der Waals surface area contributed by atoms with Gasteiger partial charge in [-0.15, -0.1) is 11.3 Å². The smallest absolute Gasteiger partial charge is 0.244 e. The zero-order valence-electron chi connectivity index (χ0n) is 13.5. The van der Waals surface area contributed by atoms with Gasteiger partial charge in [-0.3, -0.25) is 0 Å². The standard InChI is InChI=1S/C16H21N3O3S2/c1-22-14-6-2-3-7-15(14)24(20,21)18-11-13-5-4-9-19(12-13)16-17-8-10-23-16/h2-3,6-8,10,13,18H,4-5,9,11-12H2,1H3. The lowest BCUT2D eigenvalue weighted by Gasteiger charge is -2.32. The van der Waals surface area contributed by atoms with Crippen LogP contribution in [0.25, 0.3) is 0 Å². The van der Waals surface area contributed by atoms with E-state index in [0.717, 1.165) is 31.1 Å². The fraction of sp³-hybridized carbons (Fsp3) is 0.438. The number of sulfonamides is 1. The third-order valence-electron chi connectivity index (χ3n) is 4.13. The molecule has 6 nitrogen and oxygen atoms in total. The van der Waals surface area contributed by atoms with E-state index < -0.39 is 10.0 Å². The van der Waals surface area contributed by atoms with Crippen LogP contribution >= 0.6 is 11.3 Å². The topological polar surface area (TPSA) is 71.5 Å². The first-order valence-electron chi connectivity index (χ1n) is 7.87. The summed E-state index contributed by atoms with van der Waals surface area (Å²) in [5, 5.41) is 2.97. The van der Waals surface area contributed by atoms with Crippen molar-refractivity contribution in [2.75, 3.05) is 31.6 Å². The number of ether oxygens (including phenoxy) is 1. The Morgan fingerprint density at radius 3 is 3.00 bits per heavy atom. The number of hydrogen-bond acceptors (Lipinski definition) is 6. The van der Waals surface area contributed by atoms with Crippen molar-refractivity contribution in [1.82, 2.24) is 9.71 Å². The Bertz CT molecular complexity index is 763. The summed E-state index contributed by atoms with van der Waals surface area (Å²) in [4.78, 5) is 6.76. The summed E-state index contributed by atoms with van der Waals surface area (Å²) in [7, 11) is -2.11. The number of nitrogens with one attached hydrogen (secondary N) is 1. The van der Waals surface area contributed by atoms with Gasteiger partial charge in [-0.25, -0.2) is 18.1 Å². The molecule has 1 fully saturated rings. The number of anilines is 1. The lowest BCUT2D eigenvalue weighted by atomic mass is 9.99. The molecule has 1 aliphatic rings. The van der Waals surface area contributed by atoms with E-state index in [1.807, 2.05) is 5.38 Å². The lowest BCUT2D eigenvalue weighted by molar-refractivity contribution is 0.399. The van der Waals surface area contributed by atoms with Crippen molar-refractivity contribution in [3.63, 3.8) is 0 Å². The predicted octanol–water partition coefficient (Wildman–Crippen LogP) is 2.35. The zero-order valence-corrected chi connectivity index (χ0v) is 15.1. The normalized spacial score (nSPS) is 18.5. The second kappa shape index (κ2) is 7.50. The number of methoxy groups -OCH3 is 1. The van der Waals surface area contributed by atoms with Crippen LogP contribution in [0.2, 0.25) is 0 Å². The highest BCUT2D eigenvalue weighted by molar-refractivity contribution is 7.89. The van der Waals surface area contributed by atoms with E-state index in [9.17, 15) is 8.42 Å². The Hall–Kier alpha value is -1.64. The van der Waals surface area contributed by atoms with Crippen molar-refractivity contribution < 1.29 is 13.2 Å². The molecule has 130 valence electrons. The van der Waals surface area contributed by atoms with E-state index in [2.05, 4.69) is 14.6 Å². The highest BCUT2D eigenvalue weighted by Crippen LogP contribution is 2.26. The van der Waals surface area contributed by atoms with Gasteiger partial charge in [-0.1, -0.05) is 12.1 Å². The molecule has 0 bridgehead atoms. The van der Waals surface area contributed by atoms with Crippen LogP contribution in [0.3, 0.4) is 0 Å². The maximum Gasteiger partial charge on any atom is 0.244 e. The summed E-state index contributed by atoms with van der Waals surface area (Å²) in [5.74, 6) is 0.630. The minimum absolute atomic E-state index is 0.181. The number of para-hydroxylation sites is 1. The van der Waals surface area contributed by atoms with Crippen molar-refractivity contribution in [3.8, 4) is 5.75 Å². The Morgan fingerprint density at radius 2 is 2.25 bits per heavy atom. The van der Waals surface area contributed by atoms with Gasteiger partial charge in [0.2, 0.25) is 10.0 Å². The second-order valence-electron chi connectivity index (χ2n) is 5.77. The van der Waals surface area contributed by atoms with Crippen LogP contribution in [0.4, 0.5) is 5.13 Å². The van der Waals surface area contributed by atoms with E-state index in [1.54, 1.807) is 41.8 Å². The SMILES string of the molecule is COc1ccccc1S(=O)(=O)NCC1CCCN(c2nccs2)C1. The molecular formula is C16H21N3O3S2. The molecule has 1 aromatic carbocycles. The molecule has 1 N–H and O–H groups in total. The molecule has 2 heterocycles. The van der Waals surface area contributed by atoms with Crippen LogP contribution in [0.15, 0.2) is 40.7 Å². The minimum Gasteiger partial charge on any atom is -0.495 e. The van der Waals surface area contributed by atoms with Crippen molar-refractivity contribution in [2.24, 2.45) is 5.92 Å². The summed E-state index contributed by atoms with van der Waals surface area (Å²) >= 11 is 1.62.